The van der Waals surface area contributed by atoms with E-state index >= 15 is 0 Å². The number of rotatable bonds is 7. The number of hydrogen-bond donors (Lipinski definition) is 1. The Hall–Kier alpha value is -3.31. The largest absolute Gasteiger partial charge is 0.497 e. The van der Waals surface area contributed by atoms with Crippen molar-refractivity contribution in [3.8, 4) is 22.6 Å². The van der Waals surface area contributed by atoms with Crippen LogP contribution < -0.4 is 20.2 Å². The molecular formula is C25H25N2O2S+. The Labute approximate surface area is 180 Å². The standard InChI is InChI=1S/C25H24N2O2S/c1-28-21-11-7-19(8-12-21)18-5-3-17(4-6-18)15-23(24-16-30-25(26)27-24)20-9-13-22(29-2)14-10-20/h3-14,16,23H,15H2,1-2H3,(H2,26,27)/p+1/t23-/m0/s1. The zero-order valence-corrected chi connectivity index (χ0v) is 17.9. The van der Waals surface area contributed by atoms with Gasteiger partial charge in [0, 0.05) is 5.38 Å². The van der Waals surface area contributed by atoms with Crippen LogP contribution in [0, 0.1) is 0 Å². The number of anilines is 1. The topological polar surface area (TPSA) is 58.6 Å². The first kappa shape index (κ1) is 20.0. The van der Waals surface area contributed by atoms with Gasteiger partial charge in [0.25, 0.3) is 0 Å². The molecule has 30 heavy (non-hydrogen) atoms. The molecule has 0 amide bonds. The van der Waals surface area contributed by atoms with Gasteiger partial charge in [0.1, 0.15) is 17.2 Å². The lowest BCUT2D eigenvalue weighted by Gasteiger charge is -2.15. The Morgan fingerprint density at radius 3 is 1.83 bits per heavy atom. The Balaban J connectivity index is 1.59. The molecule has 5 heteroatoms. The molecule has 0 aliphatic heterocycles. The second kappa shape index (κ2) is 9.01. The number of benzene rings is 3. The van der Waals surface area contributed by atoms with Crippen molar-refractivity contribution in [3.05, 3.63) is 95.0 Å². The zero-order chi connectivity index (χ0) is 20.9. The molecule has 1 aromatic heterocycles. The number of thiazole rings is 1. The number of nitrogens with one attached hydrogen (secondary N) is 1. The highest BCUT2D eigenvalue weighted by Gasteiger charge is 2.20. The molecular weight excluding hydrogens is 392 g/mol. The zero-order valence-electron chi connectivity index (χ0n) is 17.1. The molecule has 0 aliphatic rings. The van der Waals surface area contributed by atoms with Crippen LogP contribution in [-0.4, -0.2) is 14.2 Å². The second-order valence-electron chi connectivity index (χ2n) is 7.14. The van der Waals surface area contributed by atoms with Crippen LogP contribution in [0.1, 0.15) is 22.7 Å². The van der Waals surface area contributed by atoms with Gasteiger partial charge in [-0.25, -0.2) is 4.98 Å². The minimum Gasteiger partial charge on any atom is -0.497 e. The summed E-state index contributed by atoms with van der Waals surface area (Å²) < 4.78 is 10.6. The molecule has 4 aromatic rings. The van der Waals surface area contributed by atoms with Crippen molar-refractivity contribution < 1.29 is 14.5 Å². The van der Waals surface area contributed by atoms with E-state index in [1.807, 2.05) is 24.3 Å². The highest BCUT2D eigenvalue weighted by atomic mass is 32.1. The highest BCUT2D eigenvalue weighted by Crippen LogP contribution is 2.30. The number of aromatic amines is 1. The van der Waals surface area contributed by atoms with E-state index in [0.29, 0.717) is 0 Å². The first-order valence-electron chi connectivity index (χ1n) is 9.80. The molecule has 0 radical (unpaired) electrons. The minimum atomic E-state index is 0.191. The summed E-state index contributed by atoms with van der Waals surface area (Å²) in [5.74, 6) is 1.91. The molecule has 0 unspecified atom stereocenters. The third-order valence-electron chi connectivity index (χ3n) is 5.29. The molecule has 152 valence electrons. The SMILES string of the molecule is COc1ccc(-c2ccc(C[C@@H](c3ccc(OC)cc3)c3csc(N)[nH+]3)cc2)cc1. The van der Waals surface area contributed by atoms with Gasteiger partial charge < -0.3 is 9.47 Å². The maximum Gasteiger partial charge on any atom is 0.329 e. The quantitative estimate of drug-likeness (QED) is 0.449. The van der Waals surface area contributed by atoms with Crippen molar-refractivity contribution in [2.75, 3.05) is 20.0 Å². The lowest BCUT2D eigenvalue weighted by atomic mass is 9.89. The summed E-state index contributed by atoms with van der Waals surface area (Å²) in [5, 5.41) is 2.83. The lowest BCUT2D eigenvalue weighted by Crippen LogP contribution is -2.17. The van der Waals surface area contributed by atoms with E-state index in [-0.39, 0.29) is 5.92 Å². The summed E-state index contributed by atoms with van der Waals surface area (Å²) in [5.41, 5.74) is 12.0. The molecule has 0 saturated carbocycles. The number of nitrogens with two attached hydrogens (primary N) is 1. The predicted molar refractivity (Wildman–Crippen MR) is 122 cm³/mol. The van der Waals surface area contributed by atoms with Crippen LogP contribution in [0.2, 0.25) is 0 Å². The fourth-order valence-electron chi connectivity index (χ4n) is 3.59. The Bertz CT molecular complexity index is 1090. The van der Waals surface area contributed by atoms with Gasteiger partial charge in [-0.3, -0.25) is 5.73 Å². The van der Waals surface area contributed by atoms with Crippen molar-refractivity contribution in [3.63, 3.8) is 0 Å². The summed E-state index contributed by atoms with van der Waals surface area (Å²) in [6.45, 7) is 0. The molecule has 0 bridgehead atoms. The van der Waals surface area contributed by atoms with E-state index < -0.39 is 0 Å². The number of methoxy groups -OCH3 is 2. The van der Waals surface area contributed by atoms with Gasteiger partial charge >= 0.3 is 5.13 Å². The first-order valence-corrected chi connectivity index (χ1v) is 10.7. The number of aromatic nitrogens is 1. The van der Waals surface area contributed by atoms with Gasteiger partial charge in [-0.1, -0.05) is 59.9 Å². The fourth-order valence-corrected chi connectivity index (χ4v) is 4.25. The van der Waals surface area contributed by atoms with Crippen LogP contribution in [0.15, 0.2) is 78.2 Å². The maximum absolute atomic E-state index is 5.97. The summed E-state index contributed by atoms with van der Waals surface area (Å²) in [7, 11) is 3.37. The molecule has 3 N–H and O–H groups in total. The maximum atomic E-state index is 5.97. The number of nitrogen functional groups attached to an aromatic ring is 1. The van der Waals surface area contributed by atoms with Gasteiger partial charge in [0.15, 0.2) is 0 Å². The van der Waals surface area contributed by atoms with Gasteiger partial charge in [0.05, 0.1) is 20.1 Å². The first-order chi connectivity index (χ1) is 14.7. The van der Waals surface area contributed by atoms with E-state index in [1.54, 1.807) is 14.2 Å². The summed E-state index contributed by atoms with van der Waals surface area (Å²) in [6.07, 6.45) is 0.877. The second-order valence-corrected chi connectivity index (χ2v) is 8.05. The van der Waals surface area contributed by atoms with Crippen LogP contribution in [0.4, 0.5) is 5.13 Å². The summed E-state index contributed by atoms with van der Waals surface area (Å²) in [4.78, 5) is 3.32. The monoisotopic (exact) mass is 417 g/mol. The number of hydrogen-bond acceptors (Lipinski definition) is 4. The molecule has 0 spiro atoms. The molecule has 3 aromatic carbocycles. The van der Waals surface area contributed by atoms with Gasteiger partial charge in [-0.05, 0) is 52.9 Å². The van der Waals surface area contributed by atoms with Crippen molar-refractivity contribution >= 4 is 16.5 Å². The average molecular weight is 418 g/mol. The Morgan fingerprint density at radius 1 is 0.800 bits per heavy atom. The van der Waals surface area contributed by atoms with E-state index in [9.17, 15) is 0 Å². The molecule has 4 nitrogen and oxygen atoms in total. The summed E-state index contributed by atoms with van der Waals surface area (Å²) >= 11 is 1.54. The van der Waals surface area contributed by atoms with Gasteiger partial charge in [0.2, 0.25) is 0 Å². The summed E-state index contributed by atoms with van der Waals surface area (Å²) in [6, 6.07) is 25.1. The number of H-pyrrole nitrogens is 1. The Morgan fingerprint density at radius 2 is 1.33 bits per heavy atom. The molecule has 1 heterocycles. The van der Waals surface area contributed by atoms with Crippen LogP contribution in [0.5, 0.6) is 11.5 Å². The predicted octanol–water partition coefficient (Wildman–Crippen LogP) is 5.20. The molecule has 1 atom stereocenters. The van der Waals surface area contributed by atoms with Crippen molar-refractivity contribution in [1.82, 2.24) is 0 Å². The van der Waals surface area contributed by atoms with Crippen molar-refractivity contribution in [2.45, 2.75) is 12.3 Å². The third kappa shape index (κ3) is 4.47. The molecule has 0 fully saturated rings. The van der Waals surface area contributed by atoms with Crippen LogP contribution in [-0.2, 0) is 6.42 Å². The van der Waals surface area contributed by atoms with Gasteiger partial charge in [-0.15, -0.1) is 0 Å². The normalized spacial score (nSPS) is 11.8. The molecule has 0 saturated heterocycles. The third-order valence-corrected chi connectivity index (χ3v) is 6.02. The minimum absolute atomic E-state index is 0.191. The highest BCUT2D eigenvalue weighted by molar-refractivity contribution is 7.13. The molecule has 0 aliphatic carbocycles. The van der Waals surface area contributed by atoms with Gasteiger partial charge in [-0.2, -0.15) is 0 Å². The van der Waals surface area contributed by atoms with Crippen LogP contribution >= 0.6 is 11.3 Å². The van der Waals surface area contributed by atoms with E-state index in [1.165, 1.54) is 33.6 Å². The smallest absolute Gasteiger partial charge is 0.329 e. The van der Waals surface area contributed by atoms with Crippen molar-refractivity contribution in [1.29, 1.82) is 0 Å². The van der Waals surface area contributed by atoms with Crippen LogP contribution in [0.3, 0.4) is 0 Å². The molecule has 4 rings (SSSR count). The van der Waals surface area contributed by atoms with E-state index in [0.717, 1.165) is 28.7 Å². The average Bonchev–Trinajstić information content (AvgIpc) is 3.24. The van der Waals surface area contributed by atoms with E-state index in [4.69, 9.17) is 15.2 Å². The van der Waals surface area contributed by atoms with E-state index in [2.05, 4.69) is 58.9 Å². The van der Waals surface area contributed by atoms with Crippen molar-refractivity contribution in [2.24, 2.45) is 0 Å². The van der Waals surface area contributed by atoms with Crippen LogP contribution in [0.25, 0.3) is 11.1 Å². The fraction of sp³-hybridized carbons (Fsp3) is 0.160. The number of ether oxygens (including phenoxy) is 2. The lowest BCUT2D eigenvalue weighted by molar-refractivity contribution is -0.368. The Kier molecular flexibility index (Phi) is 6.00.